The van der Waals surface area contributed by atoms with E-state index in [0.717, 1.165) is 20.3 Å². The second kappa shape index (κ2) is 9.97. The van der Waals surface area contributed by atoms with Gasteiger partial charge in [-0.05, 0) is 23.8 Å². The Bertz CT molecular complexity index is 1220. The molecule has 0 aliphatic carbocycles. The van der Waals surface area contributed by atoms with Crippen LogP contribution < -0.4 is 21.5 Å². The molecule has 4 rings (SSSR count). The van der Waals surface area contributed by atoms with E-state index >= 15 is 0 Å². The molecule has 2 aromatic carbocycles. The fourth-order valence-electron chi connectivity index (χ4n) is 3.62. The highest BCUT2D eigenvalue weighted by Crippen LogP contribution is 2.30. The number of amides is 1. The first kappa shape index (κ1) is 22.0. The van der Waals surface area contributed by atoms with Crippen LogP contribution in [0, 0.1) is 0 Å². The molecule has 2 heterocycles. The Morgan fingerprint density at radius 1 is 1.03 bits per heavy atom. The molecule has 1 saturated heterocycles. The van der Waals surface area contributed by atoms with Crippen LogP contribution in [0.2, 0.25) is 0 Å². The number of nitrogens with zero attached hydrogens (tertiary/aromatic N) is 3. The monoisotopic (exact) mass is 498 g/mol. The Balaban J connectivity index is 1.55. The van der Waals surface area contributed by atoms with Gasteiger partial charge in [0.1, 0.15) is 6.54 Å². The summed E-state index contributed by atoms with van der Waals surface area (Å²) < 4.78 is 8.59. The maximum atomic E-state index is 12.9. The molecule has 166 valence electrons. The van der Waals surface area contributed by atoms with Gasteiger partial charge in [-0.2, -0.15) is 0 Å². The van der Waals surface area contributed by atoms with Gasteiger partial charge in [0.2, 0.25) is 5.91 Å². The van der Waals surface area contributed by atoms with Gasteiger partial charge in [-0.3, -0.25) is 18.7 Å². The molecule has 1 amide bonds. The largest absolute Gasteiger partial charge is 0.378 e. The number of carbonyl (C=O) groups excluding carboxylic acids is 1. The summed E-state index contributed by atoms with van der Waals surface area (Å²) in [6.45, 7) is 2.60. The van der Waals surface area contributed by atoms with E-state index in [1.807, 2.05) is 48.5 Å². The number of benzene rings is 2. The van der Waals surface area contributed by atoms with Crippen molar-refractivity contribution >= 4 is 33.2 Å². The first-order valence-electron chi connectivity index (χ1n) is 10.3. The van der Waals surface area contributed by atoms with Crippen LogP contribution in [0.1, 0.15) is 5.56 Å². The van der Waals surface area contributed by atoms with Crippen molar-refractivity contribution in [3.05, 3.63) is 91.7 Å². The number of halogens is 1. The summed E-state index contributed by atoms with van der Waals surface area (Å²) in [5.41, 5.74) is 1.36. The van der Waals surface area contributed by atoms with E-state index in [0.29, 0.717) is 38.5 Å². The molecule has 32 heavy (non-hydrogen) atoms. The molecular weight excluding hydrogens is 476 g/mol. The van der Waals surface area contributed by atoms with Crippen molar-refractivity contribution < 1.29 is 9.53 Å². The number of aromatic nitrogens is 2. The number of ether oxygens (including phenoxy) is 1. The molecule has 0 saturated carbocycles. The number of rotatable bonds is 6. The maximum absolute atomic E-state index is 12.9. The van der Waals surface area contributed by atoms with E-state index in [2.05, 4.69) is 26.1 Å². The van der Waals surface area contributed by atoms with Crippen LogP contribution >= 0.6 is 15.9 Å². The highest BCUT2D eigenvalue weighted by atomic mass is 79.9. The molecule has 9 heteroatoms. The number of anilines is 2. The van der Waals surface area contributed by atoms with Gasteiger partial charge in [0, 0.05) is 29.8 Å². The maximum Gasteiger partial charge on any atom is 0.331 e. The average molecular weight is 499 g/mol. The van der Waals surface area contributed by atoms with E-state index < -0.39 is 17.2 Å². The lowest BCUT2D eigenvalue weighted by atomic mass is 10.2. The van der Waals surface area contributed by atoms with E-state index in [1.54, 1.807) is 0 Å². The zero-order chi connectivity index (χ0) is 22.5. The second-order valence-electron chi connectivity index (χ2n) is 7.45. The smallest absolute Gasteiger partial charge is 0.331 e. The van der Waals surface area contributed by atoms with E-state index in [-0.39, 0.29) is 6.54 Å². The summed E-state index contributed by atoms with van der Waals surface area (Å²) in [4.78, 5) is 40.2. The van der Waals surface area contributed by atoms with Crippen LogP contribution in [0.5, 0.6) is 0 Å². The average Bonchev–Trinajstić information content (AvgIpc) is 2.80. The fraction of sp³-hybridized carbons (Fsp3) is 0.261. The third kappa shape index (κ3) is 5.17. The zero-order valence-corrected chi connectivity index (χ0v) is 19.0. The molecule has 1 aliphatic rings. The van der Waals surface area contributed by atoms with Crippen molar-refractivity contribution in [3.8, 4) is 0 Å². The summed E-state index contributed by atoms with van der Waals surface area (Å²) >= 11 is 3.44. The van der Waals surface area contributed by atoms with Gasteiger partial charge in [0.15, 0.2) is 0 Å². The predicted octanol–water partition coefficient (Wildman–Crippen LogP) is 2.30. The van der Waals surface area contributed by atoms with Gasteiger partial charge in [-0.15, -0.1) is 0 Å². The molecule has 0 unspecified atom stereocenters. The van der Waals surface area contributed by atoms with E-state index in [4.69, 9.17) is 4.74 Å². The summed E-state index contributed by atoms with van der Waals surface area (Å²) in [6, 6.07) is 16.4. The van der Waals surface area contributed by atoms with Gasteiger partial charge in [0.05, 0.1) is 31.1 Å². The standard InChI is InChI=1S/C23H23BrN4O4/c24-18-6-7-20(26-10-12-32-13-11-26)19(14-18)25-21(29)16-28-22(30)8-9-27(23(28)31)15-17-4-2-1-3-5-17/h1-9,14H,10-13,15-16H2,(H,25,29). The molecule has 1 N–H and O–H groups in total. The van der Waals surface area contributed by atoms with Gasteiger partial charge >= 0.3 is 5.69 Å². The molecule has 1 aromatic heterocycles. The van der Waals surface area contributed by atoms with E-state index in [1.165, 1.54) is 16.8 Å². The van der Waals surface area contributed by atoms with Crippen molar-refractivity contribution in [2.75, 3.05) is 36.5 Å². The minimum Gasteiger partial charge on any atom is -0.378 e. The summed E-state index contributed by atoms with van der Waals surface area (Å²) in [6.07, 6.45) is 1.46. The Morgan fingerprint density at radius 2 is 1.78 bits per heavy atom. The minimum atomic E-state index is -0.529. The van der Waals surface area contributed by atoms with Crippen LogP contribution in [0.15, 0.2) is 74.9 Å². The summed E-state index contributed by atoms with van der Waals surface area (Å²) in [5, 5.41) is 2.86. The topological polar surface area (TPSA) is 85.6 Å². The highest BCUT2D eigenvalue weighted by molar-refractivity contribution is 9.10. The van der Waals surface area contributed by atoms with Gasteiger partial charge in [-0.1, -0.05) is 46.3 Å². The predicted molar refractivity (Wildman–Crippen MR) is 126 cm³/mol. The van der Waals surface area contributed by atoms with Crippen LogP contribution in [-0.2, 0) is 22.6 Å². The van der Waals surface area contributed by atoms with Crippen LogP contribution in [0.3, 0.4) is 0 Å². The van der Waals surface area contributed by atoms with Gasteiger partial charge in [-0.25, -0.2) is 4.79 Å². The second-order valence-corrected chi connectivity index (χ2v) is 8.36. The van der Waals surface area contributed by atoms with Crippen molar-refractivity contribution in [1.29, 1.82) is 0 Å². The first-order valence-corrected chi connectivity index (χ1v) is 11.1. The molecular formula is C23H23BrN4O4. The molecule has 0 radical (unpaired) electrons. The lowest BCUT2D eigenvalue weighted by Crippen LogP contribution is -2.42. The van der Waals surface area contributed by atoms with Crippen molar-refractivity contribution in [1.82, 2.24) is 9.13 Å². The van der Waals surface area contributed by atoms with Crippen LogP contribution in [-0.4, -0.2) is 41.3 Å². The highest BCUT2D eigenvalue weighted by Gasteiger charge is 2.17. The number of carbonyl (C=O) groups is 1. The fourth-order valence-corrected chi connectivity index (χ4v) is 3.99. The van der Waals surface area contributed by atoms with Gasteiger partial charge < -0.3 is 15.0 Å². The van der Waals surface area contributed by atoms with Crippen LogP contribution in [0.25, 0.3) is 0 Å². The molecule has 8 nitrogen and oxygen atoms in total. The molecule has 1 aliphatic heterocycles. The summed E-state index contributed by atoms with van der Waals surface area (Å²) in [7, 11) is 0. The number of nitrogens with one attached hydrogen (secondary N) is 1. The third-order valence-corrected chi connectivity index (χ3v) is 5.71. The Kier molecular flexibility index (Phi) is 6.87. The Labute approximate surface area is 193 Å². The normalized spacial score (nSPS) is 13.7. The summed E-state index contributed by atoms with van der Waals surface area (Å²) in [5.74, 6) is -0.450. The number of hydrogen-bond acceptors (Lipinski definition) is 5. The van der Waals surface area contributed by atoms with Crippen molar-refractivity contribution in [3.63, 3.8) is 0 Å². The quantitative estimate of drug-likeness (QED) is 0.563. The lowest BCUT2D eigenvalue weighted by Gasteiger charge is -2.30. The lowest BCUT2D eigenvalue weighted by molar-refractivity contribution is -0.116. The van der Waals surface area contributed by atoms with Crippen molar-refractivity contribution in [2.24, 2.45) is 0 Å². The minimum absolute atomic E-state index is 0.314. The third-order valence-electron chi connectivity index (χ3n) is 5.22. The molecule has 3 aromatic rings. The first-order chi connectivity index (χ1) is 15.5. The molecule has 1 fully saturated rings. The molecule has 0 spiro atoms. The SMILES string of the molecule is O=C(Cn1c(=O)ccn(Cc2ccccc2)c1=O)Nc1cc(Br)ccc1N1CCOCC1. The number of hydrogen-bond donors (Lipinski definition) is 1. The Hall–Kier alpha value is -3.17. The Morgan fingerprint density at radius 3 is 2.53 bits per heavy atom. The van der Waals surface area contributed by atoms with Crippen molar-refractivity contribution in [2.45, 2.75) is 13.1 Å². The van der Waals surface area contributed by atoms with Gasteiger partial charge in [0.25, 0.3) is 5.56 Å². The molecule has 0 atom stereocenters. The van der Waals surface area contributed by atoms with Crippen LogP contribution in [0.4, 0.5) is 11.4 Å². The zero-order valence-electron chi connectivity index (χ0n) is 17.4. The number of morpholine rings is 1. The van der Waals surface area contributed by atoms with E-state index in [9.17, 15) is 14.4 Å². The molecule has 0 bridgehead atoms.